The lowest BCUT2D eigenvalue weighted by Crippen LogP contribution is -2.10. The van der Waals surface area contributed by atoms with Crippen molar-refractivity contribution in [3.63, 3.8) is 0 Å². The van der Waals surface area contributed by atoms with E-state index in [1.165, 1.54) is 0 Å². The fraction of sp³-hybridized carbons (Fsp3) is 0.250. The van der Waals surface area contributed by atoms with Gasteiger partial charge >= 0.3 is 0 Å². The molecule has 3 N–H and O–H groups in total. The molecular formula is C20H21N3O. The number of pyridine rings is 1. The Morgan fingerprint density at radius 3 is 2.92 bits per heavy atom. The first-order chi connectivity index (χ1) is 11.8. The van der Waals surface area contributed by atoms with Crippen LogP contribution < -0.4 is 5.73 Å². The molecule has 0 aliphatic carbocycles. The molecule has 24 heavy (non-hydrogen) atoms. The van der Waals surface area contributed by atoms with Crippen LogP contribution in [0.2, 0.25) is 0 Å². The summed E-state index contributed by atoms with van der Waals surface area (Å²) in [6.07, 6.45) is 6.87. The minimum atomic E-state index is 0.0417. The molecule has 122 valence electrons. The number of rotatable bonds is 5. The number of fused-ring (bicyclic) bond motifs is 3. The normalized spacial score (nSPS) is 12.9. The van der Waals surface area contributed by atoms with E-state index in [2.05, 4.69) is 41.2 Å². The van der Waals surface area contributed by atoms with Gasteiger partial charge in [0.2, 0.25) is 0 Å². The Morgan fingerprint density at radius 1 is 1.21 bits per heavy atom. The summed E-state index contributed by atoms with van der Waals surface area (Å²) in [5, 5.41) is 2.26. The molecule has 4 nitrogen and oxygen atoms in total. The van der Waals surface area contributed by atoms with E-state index in [4.69, 9.17) is 10.2 Å². The van der Waals surface area contributed by atoms with Crippen LogP contribution in [0, 0.1) is 0 Å². The van der Waals surface area contributed by atoms with Gasteiger partial charge < -0.3 is 15.1 Å². The SMILES string of the molecule is CCCCC(N)c1cnc2[nH]c3ccc(-c4ccco4)cc3c2c1. The zero-order valence-electron chi connectivity index (χ0n) is 13.8. The molecule has 3 aromatic heterocycles. The van der Waals surface area contributed by atoms with Crippen LogP contribution in [-0.4, -0.2) is 9.97 Å². The average molecular weight is 319 g/mol. The zero-order chi connectivity index (χ0) is 16.5. The summed E-state index contributed by atoms with van der Waals surface area (Å²) in [7, 11) is 0. The molecule has 0 fully saturated rings. The second-order valence-electron chi connectivity index (χ2n) is 6.28. The van der Waals surface area contributed by atoms with Crippen LogP contribution >= 0.6 is 0 Å². The van der Waals surface area contributed by atoms with Crippen LogP contribution in [0.5, 0.6) is 0 Å². The van der Waals surface area contributed by atoms with Gasteiger partial charge in [-0.1, -0.05) is 19.8 Å². The summed E-state index contributed by atoms with van der Waals surface area (Å²) < 4.78 is 5.52. The first-order valence-electron chi connectivity index (χ1n) is 8.47. The quantitative estimate of drug-likeness (QED) is 0.533. The zero-order valence-corrected chi connectivity index (χ0v) is 13.8. The monoisotopic (exact) mass is 319 g/mol. The number of hydrogen-bond donors (Lipinski definition) is 2. The average Bonchev–Trinajstić information content (AvgIpc) is 3.26. The number of aromatic amines is 1. The molecule has 0 saturated carbocycles. The van der Waals surface area contributed by atoms with Crippen molar-refractivity contribution in [3.05, 3.63) is 54.4 Å². The second kappa shape index (κ2) is 6.13. The second-order valence-corrected chi connectivity index (χ2v) is 6.28. The predicted octanol–water partition coefficient (Wildman–Crippen LogP) is 5.17. The predicted molar refractivity (Wildman–Crippen MR) is 97.8 cm³/mol. The number of nitrogens with one attached hydrogen (secondary N) is 1. The molecule has 0 spiro atoms. The number of H-pyrrole nitrogens is 1. The van der Waals surface area contributed by atoms with Crippen molar-refractivity contribution in [2.24, 2.45) is 5.73 Å². The third-order valence-electron chi connectivity index (χ3n) is 4.57. The van der Waals surface area contributed by atoms with Crippen LogP contribution in [0.25, 0.3) is 33.3 Å². The minimum Gasteiger partial charge on any atom is -0.464 e. The lowest BCUT2D eigenvalue weighted by atomic mass is 10.0. The maximum Gasteiger partial charge on any atom is 0.138 e. The number of hydrogen-bond acceptors (Lipinski definition) is 3. The van der Waals surface area contributed by atoms with Gasteiger partial charge in [0.25, 0.3) is 0 Å². The van der Waals surface area contributed by atoms with Crippen LogP contribution in [0.4, 0.5) is 0 Å². The Bertz CT molecular complexity index is 969. The highest BCUT2D eigenvalue weighted by Gasteiger charge is 2.12. The molecule has 0 aliphatic heterocycles. The van der Waals surface area contributed by atoms with Gasteiger partial charge in [-0.3, -0.25) is 0 Å². The fourth-order valence-electron chi connectivity index (χ4n) is 3.18. The number of nitrogens with zero attached hydrogens (tertiary/aromatic N) is 1. The Hall–Kier alpha value is -2.59. The molecule has 0 amide bonds. The molecule has 0 radical (unpaired) electrons. The van der Waals surface area contributed by atoms with E-state index >= 15 is 0 Å². The molecule has 1 atom stereocenters. The Kier molecular flexibility index (Phi) is 3.82. The molecule has 4 rings (SSSR count). The van der Waals surface area contributed by atoms with E-state index in [0.717, 1.165) is 58.1 Å². The number of nitrogens with two attached hydrogens (primary N) is 1. The van der Waals surface area contributed by atoms with Gasteiger partial charge in [-0.05, 0) is 48.4 Å². The topological polar surface area (TPSA) is 67.8 Å². The number of unbranched alkanes of at least 4 members (excludes halogenated alkanes) is 1. The summed E-state index contributed by atoms with van der Waals surface area (Å²) in [5.41, 5.74) is 10.5. The fourth-order valence-corrected chi connectivity index (χ4v) is 3.18. The molecule has 3 heterocycles. The first-order valence-corrected chi connectivity index (χ1v) is 8.47. The molecule has 4 aromatic rings. The molecule has 0 saturated heterocycles. The summed E-state index contributed by atoms with van der Waals surface area (Å²) >= 11 is 0. The molecule has 0 aliphatic rings. The number of aromatic nitrogens is 2. The molecule has 4 heteroatoms. The van der Waals surface area contributed by atoms with Gasteiger partial charge in [0.05, 0.1) is 6.26 Å². The lowest BCUT2D eigenvalue weighted by molar-refractivity contribution is 0.582. The maximum atomic E-state index is 6.33. The van der Waals surface area contributed by atoms with Gasteiger partial charge in [0.15, 0.2) is 0 Å². The van der Waals surface area contributed by atoms with Gasteiger partial charge in [-0.2, -0.15) is 0 Å². The standard InChI is InChI=1S/C20H21N3O/c1-2-3-5-17(21)14-11-16-15-10-13(19-6-4-9-24-19)7-8-18(15)23-20(16)22-12-14/h4,6-12,17H,2-3,5,21H2,1H3,(H,22,23). The van der Waals surface area contributed by atoms with Crippen molar-refractivity contribution in [1.82, 2.24) is 9.97 Å². The largest absolute Gasteiger partial charge is 0.464 e. The van der Waals surface area contributed by atoms with Crippen LogP contribution in [0.3, 0.4) is 0 Å². The Morgan fingerprint density at radius 2 is 2.12 bits per heavy atom. The van der Waals surface area contributed by atoms with Gasteiger partial charge in [-0.25, -0.2) is 4.98 Å². The van der Waals surface area contributed by atoms with Crippen molar-refractivity contribution in [2.75, 3.05) is 0 Å². The molecule has 1 aromatic carbocycles. The van der Waals surface area contributed by atoms with E-state index in [1.807, 2.05) is 18.3 Å². The van der Waals surface area contributed by atoms with E-state index in [9.17, 15) is 0 Å². The minimum absolute atomic E-state index is 0.0417. The van der Waals surface area contributed by atoms with Crippen LogP contribution in [0.15, 0.2) is 53.3 Å². The smallest absolute Gasteiger partial charge is 0.138 e. The lowest BCUT2D eigenvalue weighted by Gasteiger charge is -2.10. The van der Waals surface area contributed by atoms with E-state index in [0.29, 0.717) is 0 Å². The number of benzene rings is 1. The summed E-state index contributed by atoms with van der Waals surface area (Å²) in [6.45, 7) is 2.18. The van der Waals surface area contributed by atoms with E-state index in [1.54, 1.807) is 6.26 Å². The molecule has 0 bridgehead atoms. The first kappa shape index (κ1) is 15.0. The van der Waals surface area contributed by atoms with Crippen LogP contribution in [-0.2, 0) is 0 Å². The number of furan rings is 1. The highest BCUT2D eigenvalue weighted by molar-refractivity contribution is 6.07. The third kappa shape index (κ3) is 2.59. The summed E-state index contributed by atoms with van der Waals surface area (Å²) in [6, 6.07) is 12.4. The maximum absolute atomic E-state index is 6.33. The van der Waals surface area contributed by atoms with Crippen molar-refractivity contribution in [1.29, 1.82) is 0 Å². The van der Waals surface area contributed by atoms with Crippen molar-refractivity contribution < 1.29 is 4.42 Å². The van der Waals surface area contributed by atoms with Gasteiger partial charge in [0.1, 0.15) is 11.4 Å². The summed E-state index contributed by atoms with van der Waals surface area (Å²) in [5.74, 6) is 0.870. The highest BCUT2D eigenvalue weighted by Crippen LogP contribution is 2.31. The van der Waals surface area contributed by atoms with E-state index in [-0.39, 0.29) is 6.04 Å². The summed E-state index contributed by atoms with van der Waals surface area (Å²) in [4.78, 5) is 7.96. The van der Waals surface area contributed by atoms with Gasteiger partial charge in [-0.15, -0.1) is 0 Å². The van der Waals surface area contributed by atoms with Crippen LogP contribution in [0.1, 0.15) is 37.8 Å². The molecule has 1 unspecified atom stereocenters. The van der Waals surface area contributed by atoms with Crippen molar-refractivity contribution >= 4 is 21.9 Å². The van der Waals surface area contributed by atoms with Crippen molar-refractivity contribution in [2.45, 2.75) is 32.2 Å². The Balaban J connectivity index is 1.82. The van der Waals surface area contributed by atoms with Crippen molar-refractivity contribution in [3.8, 4) is 11.3 Å². The third-order valence-corrected chi connectivity index (χ3v) is 4.57. The van der Waals surface area contributed by atoms with Gasteiger partial charge in [0, 0.05) is 34.1 Å². The highest BCUT2D eigenvalue weighted by atomic mass is 16.3. The molecular weight excluding hydrogens is 298 g/mol. The van der Waals surface area contributed by atoms with E-state index < -0.39 is 0 Å². The Labute approximate surface area is 140 Å².